The van der Waals surface area contributed by atoms with E-state index in [2.05, 4.69) is 15.9 Å². The third kappa shape index (κ3) is 3.27. The number of ether oxygens (including phenoxy) is 1. The molecule has 6 heteroatoms. The van der Waals surface area contributed by atoms with Crippen LogP contribution in [0.2, 0.25) is 0 Å². The van der Waals surface area contributed by atoms with Crippen molar-refractivity contribution in [2.24, 2.45) is 0 Å². The topological polar surface area (TPSA) is 52.4 Å². The minimum Gasteiger partial charge on any atom is -0.497 e. The summed E-state index contributed by atoms with van der Waals surface area (Å²) in [5, 5.41) is 11.1. The highest BCUT2D eigenvalue weighted by Gasteiger charge is 2.16. The maximum atomic E-state index is 11.1. The van der Waals surface area contributed by atoms with E-state index >= 15 is 0 Å². The molecule has 2 aromatic rings. The fourth-order valence-electron chi connectivity index (χ4n) is 1.50. The first-order chi connectivity index (χ1) is 9.11. The third-order valence-electron chi connectivity index (χ3n) is 2.42. The lowest BCUT2D eigenvalue weighted by Crippen LogP contribution is -1.92. The molecule has 98 valence electrons. The fourth-order valence-corrected chi connectivity index (χ4v) is 2.95. The standard InChI is InChI=1S/C13H10BrNO3S/c1-18-9-6-7-13(11(8-9)15(16)17)19-12-5-3-2-4-10(12)14/h2-8H,1H3. The van der Waals surface area contributed by atoms with Crippen molar-refractivity contribution < 1.29 is 9.66 Å². The van der Waals surface area contributed by atoms with Crippen LogP contribution in [0.1, 0.15) is 0 Å². The van der Waals surface area contributed by atoms with Gasteiger partial charge >= 0.3 is 0 Å². The number of hydrogen-bond acceptors (Lipinski definition) is 4. The SMILES string of the molecule is COc1ccc(Sc2ccccc2Br)c([N+](=O)[O-])c1. The molecule has 0 bridgehead atoms. The van der Waals surface area contributed by atoms with E-state index in [4.69, 9.17) is 4.74 Å². The molecule has 0 aromatic heterocycles. The predicted octanol–water partition coefficient (Wildman–Crippen LogP) is 4.52. The van der Waals surface area contributed by atoms with Crippen LogP contribution >= 0.6 is 27.7 Å². The van der Waals surface area contributed by atoms with E-state index in [9.17, 15) is 10.1 Å². The average molecular weight is 340 g/mol. The zero-order chi connectivity index (χ0) is 13.8. The van der Waals surface area contributed by atoms with Gasteiger partial charge in [0.05, 0.1) is 23.0 Å². The molecule has 19 heavy (non-hydrogen) atoms. The van der Waals surface area contributed by atoms with Gasteiger partial charge in [-0.25, -0.2) is 0 Å². The van der Waals surface area contributed by atoms with Crippen LogP contribution in [-0.4, -0.2) is 12.0 Å². The quantitative estimate of drug-likeness (QED) is 0.607. The van der Waals surface area contributed by atoms with E-state index in [0.717, 1.165) is 9.37 Å². The van der Waals surface area contributed by atoms with Crippen molar-refractivity contribution >= 4 is 33.4 Å². The number of nitro groups is 1. The first-order valence-electron chi connectivity index (χ1n) is 5.36. The van der Waals surface area contributed by atoms with E-state index in [1.165, 1.54) is 24.9 Å². The third-order valence-corrected chi connectivity index (χ3v) is 4.51. The number of hydrogen-bond donors (Lipinski definition) is 0. The molecule has 0 saturated heterocycles. The average Bonchev–Trinajstić information content (AvgIpc) is 2.41. The molecule has 0 unspecified atom stereocenters. The maximum absolute atomic E-state index is 11.1. The van der Waals surface area contributed by atoms with Crippen molar-refractivity contribution in [2.45, 2.75) is 9.79 Å². The Hall–Kier alpha value is -1.53. The highest BCUT2D eigenvalue weighted by Crippen LogP contribution is 2.39. The lowest BCUT2D eigenvalue weighted by molar-refractivity contribution is -0.387. The van der Waals surface area contributed by atoms with Crippen molar-refractivity contribution in [1.82, 2.24) is 0 Å². The summed E-state index contributed by atoms with van der Waals surface area (Å²) in [6.07, 6.45) is 0. The van der Waals surface area contributed by atoms with Crippen LogP contribution in [0, 0.1) is 10.1 Å². The zero-order valence-corrected chi connectivity index (χ0v) is 12.4. The van der Waals surface area contributed by atoms with E-state index in [-0.39, 0.29) is 5.69 Å². The Labute approximate surface area is 123 Å². The van der Waals surface area contributed by atoms with Gasteiger partial charge in [0, 0.05) is 9.37 Å². The highest BCUT2D eigenvalue weighted by atomic mass is 79.9. The monoisotopic (exact) mass is 339 g/mol. The van der Waals surface area contributed by atoms with Crippen molar-refractivity contribution in [2.75, 3.05) is 7.11 Å². The van der Waals surface area contributed by atoms with Crippen LogP contribution in [0.5, 0.6) is 5.75 Å². The summed E-state index contributed by atoms with van der Waals surface area (Å²) in [5.41, 5.74) is 0.0418. The van der Waals surface area contributed by atoms with Gasteiger partial charge in [-0.2, -0.15) is 0 Å². The molecule has 4 nitrogen and oxygen atoms in total. The molecule has 2 aromatic carbocycles. The molecule has 0 saturated carbocycles. The van der Waals surface area contributed by atoms with E-state index in [1.54, 1.807) is 12.1 Å². The van der Waals surface area contributed by atoms with Crippen molar-refractivity contribution in [3.8, 4) is 5.75 Å². The largest absolute Gasteiger partial charge is 0.497 e. The summed E-state index contributed by atoms with van der Waals surface area (Å²) in [5.74, 6) is 0.475. The van der Waals surface area contributed by atoms with Crippen LogP contribution < -0.4 is 4.74 Å². The number of nitrogens with zero attached hydrogens (tertiary/aromatic N) is 1. The normalized spacial score (nSPS) is 10.2. The minimum atomic E-state index is -0.401. The van der Waals surface area contributed by atoms with E-state index in [1.807, 2.05) is 24.3 Å². The summed E-state index contributed by atoms with van der Waals surface area (Å²) in [4.78, 5) is 12.2. The number of benzene rings is 2. The number of rotatable bonds is 4. The fraction of sp³-hybridized carbons (Fsp3) is 0.0769. The second-order valence-electron chi connectivity index (χ2n) is 3.62. The van der Waals surface area contributed by atoms with Crippen LogP contribution in [0.25, 0.3) is 0 Å². The molecule has 0 N–H and O–H groups in total. The van der Waals surface area contributed by atoms with Gasteiger partial charge in [-0.05, 0) is 40.2 Å². The Balaban J connectivity index is 2.40. The van der Waals surface area contributed by atoms with Gasteiger partial charge in [0.2, 0.25) is 0 Å². The molecule has 0 fully saturated rings. The minimum absolute atomic E-state index is 0.0418. The second-order valence-corrected chi connectivity index (χ2v) is 5.56. The molecule has 2 rings (SSSR count). The van der Waals surface area contributed by atoms with Gasteiger partial charge in [-0.3, -0.25) is 10.1 Å². The summed E-state index contributed by atoms with van der Waals surface area (Å²) < 4.78 is 5.92. The Morgan fingerprint density at radius 2 is 1.95 bits per heavy atom. The Morgan fingerprint density at radius 3 is 2.58 bits per heavy atom. The van der Waals surface area contributed by atoms with E-state index in [0.29, 0.717) is 10.6 Å². The van der Waals surface area contributed by atoms with Crippen LogP contribution in [0.15, 0.2) is 56.7 Å². The Morgan fingerprint density at radius 1 is 1.21 bits per heavy atom. The maximum Gasteiger partial charge on any atom is 0.286 e. The number of methoxy groups -OCH3 is 1. The smallest absolute Gasteiger partial charge is 0.286 e. The molecular formula is C13H10BrNO3S. The highest BCUT2D eigenvalue weighted by molar-refractivity contribution is 9.10. The summed E-state index contributed by atoms with van der Waals surface area (Å²) in [6, 6.07) is 12.4. The van der Waals surface area contributed by atoms with Crippen molar-refractivity contribution in [3.05, 3.63) is 57.1 Å². The number of nitro benzene ring substituents is 1. The summed E-state index contributed by atoms with van der Waals surface area (Å²) in [6.45, 7) is 0. The van der Waals surface area contributed by atoms with Gasteiger partial charge in [0.15, 0.2) is 0 Å². The first kappa shape index (κ1) is 13.9. The lowest BCUT2D eigenvalue weighted by atomic mass is 10.3. The zero-order valence-electron chi connectivity index (χ0n) is 10.00. The summed E-state index contributed by atoms with van der Waals surface area (Å²) in [7, 11) is 1.49. The Bertz CT molecular complexity index is 619. The van der Waals surface area contributed by atoms with Gasteiger partial charge in [-0.15, -0.1) is 0 Å². The van der Waals surface area contributed by atoms with Crippen molar-refractivity contribution in [3.63, 3.8) is 0 Å². The van der Waals surface area contributed by atoms with Crippen LogP contribution in [-0.2, 0) is 0 Å². The van der Waals surface area contributed by atoms with Gasteiger partial charge < -0.3 is 4.74 Å². The second kappa shape index (κ2) is 6.08. The van der Waals surface area contributed by atoms with Gasteiger partial charge in [0.25, 0.3) is 5.69 Å². The number of halogens is 1. The van der Waals surface area contributed by atoms with Gasteiger partial charge in [-0.1, -0.05) is 23.9 Å². The molecule has 0 radical (unpaired) electrons. The molecule has 0 spiro atoms. The van der Waals surface area contributed by atoms with E-state index < -0.39 is 4.92 Å². The first-order valence-corrected chi connectivity index (χ1v) is 6.97. The van der Waals surface area contributed by atoms with Crippen LogP contribution in [0.3, 0.4) is 0 Å². The van der Waals surface area contributed by atoms with Gasteiger partial charge in [0.1, 0.15) is 5.75 Å². The molecule has 0 amide bonds. The summed E-state index contributed by atoms with van der Waals surface area (Å²) >= 11 is 4.77. The lowest BCUT2D eigenvalue weighted by Gasteiger charge is -2.06. The molecule has 0 aliphatic heterocycles. The Kier molecular flexibility index (Phi) is 4.44. The molecule has 0 aliphatic carbocycles. The molecule has 0 atom stereocenters. The molecular weight excluding hydrogens is 330 g/mol. The van der Waals surface area contributed by atoms with Crippen LogP contribution in [0.4, 0.5) is 5.69 Å². The molecule has 0 aliphatic rings. The predicted molar refractivity (Wildman–Crippen MR) is 77.9 cm³/mol. The van der Waals surface area contributed by atoms with Crippen molar-refractivity contribution in [1.29, 1.82) is 0 Å². The molecule has 0 heterocycles.